The van der Waals surface area contributed by atoms with E-state index in [1.165, 1.54) is 6.33 Å². The standard InChI is InChI=1S/C5H9N3O/c1-4(9-2)5-6-3-7-8-5/h3-4H,1-2H3,(H,6,7,8). The Bertz CT molecular complexity index is 161. The second kappa shape index (κ2) is 2.59. The molecule has 1 aromatic heterocycles. The first-order valence-corrected chi connectivity index (χ1v) is 2.72. The van der Waals surface area contributed by atoms with Gasteiger partial charge in [-0.1, -0.05) is 0 Å². The number of H-pyrrole nitrogens is 1. The average Bonchev–Trinajstić information content (AvgIpc) is 2.37. The summed E-state index contributed by atoms with van der Waals surface area (Å²) in [5.41, 5.74) is 0. The lowest BCUT2D eigenvalue weighted by Gasteiger charge is -2.02. The number of nitrogens with zero attached hydrogens (tertiary/aromatic N) is 2. The molecule has 1 N–H and O–H groups in total. The molecular weight excluding hydrogens is 118 g/mol. The fraction of sp³-hybridized carbons (Fsp3) is 0.600. The molecule has 0 aliphatic rings. The van der Waals surface area contributed by atoms with Crippen LogP contribution in [-0.4, -0.2) is 22.3 Å². The Kier molecular flexibility index (Phi) is 1.79. The third-order valence-electron chi connectivity index (χ3n) is 1.17. The van der Waals surface area contributed by atoms with Crippen molar-refractivity contribution in [1.29, 1.82) is 0 Å². The molecule has 1 unspecified atom stereocenters. The largest absolute Gasteiger partial charge is 0.374 e. The first-order chi connectivity index (χ1) is 4.34. The predicted molar refractivity (Wildman–Crippen MR) is 31.8 cm³/mol. The molecule has 0 saturated carbocycles. The Labute approximate surface area is 53.3 Å². The van der Waals surface area contributed by atoms with Crippen LogP contribution in [-0.2, 0) is 4.74 Å². The molecule has 0 radical (unpaired) electrons. The zero-order valence-corrected chi connectivity index (χ0v) is 5.46. The summed E-state index contributed by atoms with van der Waals surface area (Å²) in [5, 5.41) is 6.38. The molecule has 9 heavy (non-hydrogen) atoms. The summed E-state index contributed by atoms with van der Waals surface area (Å²) >= 11 is 0. The van der Waals surface area contributed by atoms with Crippen LogP contribution in [0.15, 0.2) is 6.33 Å². The molecule has 4 heteroatoms. The number of aromatic nitrogens is 3. The highest BCUT2D eigenvalue weighted by atomic mass is 16.5. The topological polar surface area (TPSA) is 50.8 Å². The smallest absolute Gasteiger partial charge is 0.153 e. The van der Waals surface area contributed by atoms with E-state index in [0.717, 1.165) is 5.82 Å². The van der Waals surface area contributed by atoms with Crippen molar-refractivity contribution in [3.05, 3.63) is 12.2 Å². The lowest BCUT2D eigenvalue weighted by Crippen LogP contribution is -1.97. The van der Waals surface area contributed by atoms with Gasteiger partial charge < -0.3 is 4.74 Å². The highest BCUT2D eigenvalue weighted by Crippen LogP contribution is 2.06. The van der Waals surface area contributed by atoms with Crippen molar-refractivity contribution >= 4 is 0 Å². The molecule has 1 heterocycles. The van der Waals surface area contributed by atoms with Crippen molar-refractivity contribution in [2.75, 3.05) is 7.11 Å². The number of nitrogens with one attached hydrogen (secondary N) is 1. The number of rotatable bonds is 2. The quantitative estimate of drug-likeness (QED) is 0.629. The van der Waals surface area contributed by atoms with Crippen LogP contribution >= 0.6 is 0 Å². The van der Waals surface area contributed by atoms with Gasteiger partial charge in [0, 0.05) is 7.11 Å². The molecule has 1 rings (SSSR count). The summed E-state index contributed by atoms with van der Waals surface area (Å²) in [4.78, 5) is 3.90. The van der Waals surface area contributed by atoms with Gasteiger partial charge in [-0.15, -0.1) is 0 Å². The van der Waals surface area contributed by atoms with Gasteiger partial charge >= 0.3 is 0 Å². The zero-order valence-electron chi connectivity index (χ0n) is 5.46. The molecule has 0 fully saturated rings. The van der Waals surface area contributed by atoms with Crippen molar-refractivity contribution in [1.82, 2.24) is 15.2 Å². The van der Waals surface area contributed by atoms with Crippen LogP contribution < -0.4 is 0 Å². The van der Waals surface area contributed by atoms with E-state index in [9.17, 15) is 0 Å². The summed E-state index contributed by atoms with van der Waals surface area (Å²) in [6.45, 7) is 1.90. The normalized spacial score (nSPS) is 13.6. The number of methoxy groups -OCH3 is 1. The molecule has 0 aliphatic carbocycles. The van der Waals surface area contributed by atoms with E-state index in [0.29, 0.717) is 0 Å². The average molecular weight is 127 g/mol. The summed E-state index contributed by atoms with van der Waals surface area (Å²) in [5.74, 6) is 0.762. The number of aromatic amines is 1. The van der Waals surface area contributed by atoms with Crippen LogP contribution in [0.1, 0.15) is 18.9 Å². The number of hydrogen-bond donors (Lipinski definition) is 1. The van der Waals surface area contributed by atoms with Gasteiger partial charge in [0.1, 0.15) is 12.4 Å². The third-order valence-corrected chi connectivity index (χ3v) is 1.17. The predicted octanol–water partition coefficient (Wildman–Crippen LogP) is 0.512. The zero-order chi connectivity index (χ0) is 6.69. The molecule has 1 aromatic rings. The molecule has 0 aromatic carbocycles. The highest BCUT2D eigenvalue weighted by Gasteiger charge is 2.03. The van der Waals surface area contributed by atoms with Gasteiger partial charge in [0.2, 0.25) is 0 Å². The third kappa shape index (κ3) is 1.26. The minimum atomic E-state index is 0.00694. The fourth-order valence-electron chi connectivity index (χ4n) is 0.522. The van der Waals surface area contributed by atoms with E-state index in [1.54, 1.807) is 7.11 Å². The summed E-state index contributed by atoms with van der Waals surface area (Å²) in [7, 11) is 1.63. The van der Waals surface area contributed by atoms with E-state index >= 15 is 0 Å². The Morgan fingerprint density at radius 1 is 1.78 bits per heavy atom. The Morgan fingerprint density at radius 2 is 2.56 bits per heavy atom. The van der Waals surface area contributed by atoms with Crippen molar-refractivity contribution in [2.45, 2.75) is 13.0 Å². The van der Waals surface area contributed by atoms with Crippen molar-refractivity contribution in [3.8, 4) is 0 Å². The maximum absolute atomic E-state index is 4.96. The molecule has 0 spiro atoms. The van der Waals surface area contributed by atoms with Crippen LogP contribution in [0.4, 0.5) is 0 Å². The second-order valence-corrected chi connectivity index (χ2v) is 1.75. The maximum atomic E-state index is 4.96. The molecule has 50 valence electrons. The van der Waals surface area contributed by atoms with Gasteiger partial charge in [0.15, 0.2) is 5.82 Å². The minimum Gasteiger partial charge on any atom is -0.374 e. The molecule has 1 atom stereocenters. The lowest BCUT2D eigenvalue weighted by molar-refractivity contribution is 0.112. The summed E-state index contributed by atoms with van der Waals surface area (Å²) in [6.07, 6.45) is 1.47. The Hall–Kier alpha value is -0.900. The second-order valence-electron chi connectivity index (χ2n) is 1.75. The van der Waals surface area contributed by atoms with E-state index in [-0.39, 0.29) is 6.10 Å². The van der Waals surface area contributed by atoms with Crippen molar-refractivity contribution in [2.24, 2.45) is 0 Å². The van der Waals surface area contributed by atoms with Gasteiger partial charge in [-0.3, -0.25) is 5.10 Å². The van der Waals surface area contributed by atoms with Gasteiger partial charge in [0.05, 0.1) is 0 Å². The molecule has 0 saturated heterocycles. The first-order valence-electron chi connectivity index (χ1n) is 2.72. The summed E-state index contributed by atoms with van der Waals surface area (Å²) in [6, 6.07) is 0. The van der Waals surface area contributed by atoms with Crippen LogP contribution in [0.25, 0.3) is 0 Å². The fourth-order valence-corrected chi connectivity index (χ4v) is 0.522. The molecule has 0 amide bonds. The van der Waals surface area contributed by atoms with Crippen LogP contribution in [0.5, 0.6) is 0 Å². The highest BCUT2D eigenvalue weighted by molar-refractivity contribution is 4.83. The molecule has 0 aliphatic heterocycles. The van der Waals surface area contributed by atoms with Gasteiger partial charge in [0.25, 0.3) is 0 Å². The molecular formula is C5H9N3O. The van der Waals surface area contributed by atoms with Crippen LogP contribution in [0.3, 0.4) is 0 Å². The van der Waals surface area contributed by atoms with Gasteiger partial charge in [-0.05, 0) is 6.92 Å². The van der Waals surface area contributed by atoms with Gasteiger partial charge in [-0.2, -0.15) is 5.10 Å². The number of ether oxygens (including phenoxy) is 1. The monoisotopic (exact) mass is 127 g/mol. The maximum Gasteiger partial charge on any atom is 0.153 e. The van der Waals surface area contributed by atoms with E-state index in [4.69, 9.17) is 4.74 Å². The Morgan fingerprint density at radius 3 is 3.00 bits per heavy atom. The number of hydrogen-bond acceptors (Lipinski definition) is 3. The minimum absolute atomic E-state index is 0.00694. The first kappa shape index (κ1) is 6.22. The van der Waals surface area contributed by atoms with Crippen molar-refractivity contribution < 1.29 is 4.74 Å². The van der Waals surface area contributed by atoms with E-state index < -0.39 is 0 Å². The lowest BCUT2D eigenvalue weighted by atomic mass is 10.4. The van der Waals surface area contributed by atoms with Crippen LogP contribution in [0.2, 0.25) is 0 Å². The van der Waals surface area contributed by atoms with E-state index in [2.05, 4.69) is 15.2 Å². The van der Waals surface area contributed by atoms with Crippen molar-refractivity contribution in [3.63, 3.8) is 0 Å². The van der Waals surface area contributed by atoms with Crippen LogP contribution in [0, 0.1) is 0 Å². The Balaban J connectivity index is 2.65. The summed E-state index contributed by atoms with van der Waals surface area (Å²) < 4.78 is 4.96. The molecule has 4 nitrogen and oxygen atoms in total. The van der Waals surface area contributed by atoms with Gasteiger partial charge in [-0.25, -0.2) is 4.98 Å². The van der Waals surface area contributed by atoms with E-state index in [1.807, 2.05) is 6.92 Å². The SMILES string of the molecule is COC(C)c1ncn[nH]1. The molecule has 0 bridgehead atoms.